The largest absolute Gasteiger partial charge is 0.340 e. The van der Waals surface area contributed by atoms with E-state index in [1.807, 2.05) is 73.0 Å². The van der Waals surface area contributed by atoms with Gasteiger partial charge in [-0.15, -0.1) is 0 Å². The van der Waals surface area contributed by atoms with Gasteiger partial charge in [0.15, 0.2) is 0 Å². The Balaban J connectivity index is 1.22. The van der Waals surface area contributed by atoms with Crippen LogP contribution in [0.1, 0.15) is 39.9 Å². The predicted octanol–water partition coefficient (Wildman–Crippen LogP) is 3.25. The zero-order valence-corrected chi connectivity index (χ0v) is 21.0. The molecule has 0 unspecified atom stereocenters. The molecule has 0 saturated carbocycles. The zero-order chi connectivity index (χ0) is 24.9. The third kappa shape index (κ3) is 5.90. The minimum absolute atomic E-state index is 0.0205. The van der Waals surface area contributed by atoms with Crippen molar-refractivity contribution in [3.8, 4) is 0 Å². The highest BCUT2D eigenvalue weighted by molar-refractivity contribution is 5.96. The molecular formula is C28H36N4O3. The third-order valence-corrected chi connectivity index (χ3v) is 7.30. The Morgan fingerprint density at radius 3 is 2.00 bits per heavy atom. The van der Waals surface area contributed by atoms with E-state index in [1.165, 1.54) is 0 Å². The first-order valence-electron chi connectivity index (χ1n) is 12.6. The number of aryl methyl sites for hydroxylation is 3. The van der Waals surface area contributed by atoms with E-state index in [-0.39, 0.29) is 23.6 Å². The van der Waals surface area contributed by atoms with Crippen molar-refractivity contribution in [3.63, 3.8) is 0 Å². The van der Waals surface area contributed by atoms with Gasteiger partial charge in [-0.1, -0.05) is 36.4 Å². The molecule has 2 aliphatic heterocycles. The zero-order valence-electron chi connectivity index (χ0n) is 21.0. The second-order valence-corrected chi connectivity index (χ2v) is 9.80. The summed E-state index contributed by atoms with van der Waals surface area (Å²) < 4.78 is 0. The molecule has 35 heavy (non-hydrogen) atoms. The molecule has 2 saturated heterocycles. The normalized spacial score (nSPS) is 17.3. The molecule has 2 fully saturated rings. The van der Waals surface area contributed by atoms with Crippen LogP contribution in [0.5, 0.6) is 0 Å². The fraction of sp³-hybridized carbons (Fsp3) is 0.464. The molecule has 0 bridgehead atoms. The van der Waals surface area contributed by atoms with Gasteiger partial charge in [-0.2, -0.15) is 0 Å². The Kier molecular flexibility index (Phi) is 7.86. The Bertz CT molecular complexity index is 1060. The van der Waals surface area contributed by atoms with Gasteiger partial charge in [-0.25, -0.2) is 0 Å². The summed E-state index contributed by atoms with van der Waals surface area (Å²) in [5, 5.41) is 3.05. The molecule has 2 aromatic carbocycles. The van der Waals surface area contributed by atoms with E-state index in [4.69, 9.17) is 0 Å². The van der Waals surface area contributed by atoms with Crippen LogP contribution in [0.2, 0.25) is 0 Å². The first kappa shape index (κ1) is 24.9. The van der Waals surface area contributed by atoms with E-state index in [0.29, 0.717) is 58.7 Å². The average molecular weight is 477 g/mol. The molecule has 3 amide bonds. The lowest BCUT2D eigenvalue weighted by molar-refractivity contribution is -0.138. The van der Waals surface area contributed by atoms with Crippen LogP contribution < -0.4 is 5.32 Å². The third-order valence-electron chi connectivity index (χ3n) is 7.30. The summed E-state index contributed by atoms with van der Waals surface area (Å²) in [5.74, 6) is 0.192. The van der Waals surface area contributed by atoms with E-state index in [0.717, 1.165) is 27.9 Å². The van der Waals surface area contributed by atoms with Crippen molar-refractivity contribution in [1.82, 2.24) is 14.7 Å². The van der Waals surface area contributed by atoms with Gasteiger partial charge >= 0.3 is 0 Å². The highest BCUT2D eigenvalue weighted by Gasteiger charge is 2.32. The highest BCUT2D eigenvalue weighted by atomic mass is 16.2. The summed E-state index contributed by atoms with van der Waals surface area (Å²) >= 11 is 0. The maximum absolute atomic E-state index is 13.1. The molecule has 2 heterocycles. The lowest BCUT2D eigenvalue weighted by atomic mass is 9.94. The molecule has 4 rings (SSSR count). The van der Waals surface area contributed by atoms with E-state index in [1.54, 1.807) is 0 Å². The van der Waals surface area contributed by atoms with Gasteiger partial charge in [-0.05, 0) is 56.4 Å². The first-order valence-corrected chi connectivity index (χ1v) is 12.6. The Morgan fingerprint density at radius 2 is 1.37 bits per heavy atom. The first-order chi connectivity index (χ1) is 16.8. The molecule has 0 spiro atoms. The van der Waals surface area contributed by atoms with Crippen LogP contribution in [0.25, 0.3) is 0 Å². The number of nitrogens with one attached hydrogen (secondary N) is 1. The van der Waals surface area contributed by atoms with Crippen LogP contribution in [0, 0.1) is 26.7 Å². The lowest BCUT2D eigenvalue weighted by Gasteiger charge is -2.38. The van der Waals surface area contributed by atoms with Crippen LogP contribution in [-0.4, -0.2) is 78.2 Å². The highest BCUT2D eigenvalue weighted by Crippen LogP contribution is 2.23. The summed E-state index contributed by atoms with van der Waals surface area (Å²) in [5.41, 5.74) is 4.73. The molecule has 0 aromatic heterocycles. The van der Waals surface area contributed by atoms with Crippen LogP contribution in [-0.2, 0) is 9.59 Å². The number of hydrogen-bond acceptors (Lipinski definition) is 4. The van der Waals surface area contributed by atoms with Gasteiger partial charge in [0.2, 0.25) is 11.8 Å². The number of anilines is 1. The summed E-state index contributed by atoms with van der Waals surface area (Å²) in [7, 11) is 0. The standard InChI is InChI=1S/C28H36N4O3/c1-20-7-4-5-10-24(20)28(35)31-13-11-23(12-14-31)27(34)32-17-15-30(16-18-32)19-25(33)29-26-21(2)8-6-9-22(26)3/h4-10,23H,11-19H2,1-3H3,(H,29,33). The predicted molar refractivity (Wildman–Crippen MR) is 137 cm³/mol. The summed E-state index contributed by atoms with van der Waals surface area (Å²) in [4.78, 5) is 44.5. The molecule has 0 atom stereocenters. The SMILES string of the molecule is Cc1ccccc1C(=O)N1CCC(C(=O)N2CCN(CC(=O)Nc3c(C)cccc3C)CC2)CC1. The minimum Gasteiger partial charge on any atom is -0.340 e. The number of likely N-dealkylation sites (tertiary alicyclic amines) is 1. The Morgan fingerprint density at radius 1 is 0.771 bits per heavy atom. The summed E-state index contributed by atoms with van der Waals surface area (Å²) in [6, 6.07) is 13.6. The van der Waals surface area contributed by atoms with E-state index in [9.17, 15) is 14.4 Å². The number of benzene rings is 2. The molecule has 1 N–H and O–H groups in total. The molecule has 2 aromatic rings. The van der Waals surface area contributed by atoms with E-state index >= 15 is 0 Å². The average Bonchev–Trinajstić information content (AvgIpc) is 2.86. The van der Waals surface area contributed by atoms with Gasteiger partial charge in [0.05, 0.1) is 6.54 Å². The Hall–Kier alpha value is -3.19. The molecule has 2 aliphatic rings. The maximum Gasteiger partial charge on any atom is 0.254 e. The summed E-state index contributed by atoms with van der Waals surface area (Å²) in [6.45, 7) is 10.2. The van der Waals surface area contributed by atoms with Gasteiger partial charge in [0.25, 0.3) is 5.91 Å². The van der Waals surface area contributed by atoms with E-state index < -0.39 is 0 Å². The number of para-hydroxylation sites is 1. The molecule has 7 nitrogen and oxygen atoms in total. The van der Waals surface area contributed by atoms with Crippen molar-refractivity contribution in [2.45, 2.75) is 33.6 Å². The smallest absolute Gasteiger partial charge is 0.254 e. The second kappa shape index (κ2) is 11.0. The maximum atomic E-state index is 13.1. The topological polar surface area (TPSA) is 73.0 Å². The van der Waals surface area contributed by atoms with Crippen molar-refractivity contribution < 1.29 is 14.4 Å². The van der Waals surface area contributed by atoms with Gasteiger partial charge in [0, 0.05) is 56.4 Å². The number of hydrogen-bond donors (Lipinski definition) is 1. The number of amides is 3. The number of piperazine rings is 1. The van der Waals surface area contributed by atoms with Crippen molar-refractivity contribution in [3.05, 3.63) is 64.7 Å². The van der Waals surface area contributed by atoms with Gasteiger partial charge in [-0.3, -0.25) is 19.3 Å². The second-order valence-electron chi connectivity index (χ2n) is 9.80. The Labute approximate surface area is 208 Å². The van der Waals surface area contributed by atoms with Crippen molar-refractivity contribution >= 4 is 23.4 Å². The molecular weight excluding hydrogens is 440 g/mol. The van der Waals surface area contributed by atoms with Crippen LogP contribution in [0.4, 0.5) is 5.69 Å². The number of rotatable bonds is 5. The summed E-state index contributed by atoms with van der Waals surface area (Å²) in [6.07, 6.45) is 1.41. The van der Waals surface area contributed by atoms with Crippen LogP contribution in [0.3, 0.4) is 0 Å². The monoisotopic (exact) mass is 476 g/mol. The van der Waals surface area contributed by atoms with Crippen molar-refractivity contribution in [2.24, 2.45) is 5.92 Å². The number of piperidine rings is 1. The number of carbonyl (C=O) groups is 3. The molecule has 7 heteroatoms. The van der Waals surface area contributed by atoms with Gasteiger partial charge < -0.3 is 15.1 Å². The van der Waals surface area contributed by atoms with Gasteiger partial charge in [0.1, 0.15) is 0 Å². The van der Waals surface area contributed by atoms with Crippen LogP contribution in [0.15, 0.2) is 42.5 Å². The molecule has 186 valence electrons. The fourth-order valence-electron chi connectivity index (χ4n) is 5.09. The number of carbonyl (C=O) groups excluding carboxylic acids is 3. The van der Waals surface area contributed by atoms with Crippen molar-refractivity contribution in [2.75, 3.05) is 51.1 Å². The number of nitrogens with zero attached hydrogens (tertiary/aromatic N) is 3. The van der Waals surface area contributed by atoms with E-state index in [2.05, 4.69) is 10.2 Å². The lowest BCUT2D eigenvalue weighted by Crippen LogP contribution is -2.53. The minimum atomic E-state index is -0.0326. The quantitative estimate of drug-likeness (QED) is 0.719. The molecule has 0 radical (unpaired) electrons. The molecule has 0 aliphatic carbocycles. The van der Waals surface area contributed by atoms with Crippen molar-refractivity contribution in [1.29, 1.82) is 0 Å². The fourth-order valence-corrected chi connectivity index (χ4v) is 5.09. The van der Waals surface area contributed by atoms with Crippen LogP contribution >= 0.6 is 0 Å².